The number of fused-ring (bicyclic) bond motifs is 1. The zero-order valence-electron chi connectivity index (χ0n) is 19.5. The van der Waals surface area contributed by atoms with E-state index in [4.69, 9.17) is 4.74 Å². The van der Waals surface area contributed by atoms with Gasteiger partial charge in [-0.25, -0.2) is 4.68 Å². The van der Waals surface area contributed by atoms with Crippen LogP contribution in [0.15, 0.2) is 103 Å². The molecular formula is C29H27N3O3. The van der Waals surface area contributed by atoms with Crippen molar-refractivity contribution < 1.29 is 14.6 Å². The van der Waals surface area contributed by atoms with Gasteiger partial charge in [-0.2, -0.15) is 0 Å². The molecule has 176 valence electrons. The minimum Gasteiger partial charge on any atom is -0.492 e. The van der Waals surface area contributed by atoms with Crippen LogP contribution in [-0.4, -0.2) is 20.9 Å². The maximum atomic E-state index is 13.7. The summed E-state index contributed by atoms with van der Waals surface area (Å²) in [5.74, 6) is -1.08. The van der Waals surface area contributed by atoms with Gasteiger partial charge in [0.15, 0.2) is 0 Å². The van der Waals surface area contributed by atoms with Crippen molar-refractivity contribution >= 4 is 17.7 Å². The van der Waals surface area contributed by atoms with E-state index in [2.05, 4.69) is 28.2 Å². The number of esters is 1. The van der Waals surface area contributed by atoms with Gasteiger partial charge in [-0.15, -0.1) is 5.10 Å². The molecule has 3 aromatic carbocycles. The summed E-state index contributed by atoms with van der Waals surface area (Å²) in [6.45, 7) is 2.69. The molecule has 2 heterocycles. The van der Waals surface area contributed by atoms with E-state index in [9.17, 15) is 9.90 Å². The van der Waals surface area contributed by atoms with Crippen LogP contribution in [0.5, 0.6) is 5.88 Å². The molecule has 0 aliphatic carbocycles. The van der Waals surface area contributed by atoms with E-state index in [1.165, 1.54) is 6.07 Å². The van der Waals surface area contributed by atoms with Crippen molar-refractivity contribution in [3.63, 3.8) is 0 Å². The van der Waals surface area contributed by atoms with E-state index in [0.717, 1.165) is 28.0 Å². The first-order valence-electron chi connectivity index (χ1n) is 11.6. The highest BCUT2D eigenvalue weighted by molar-refractivity contribution is 5.82. The molecule has 0 radical (unpaired) electrons. The number of benzene rings is 3. The molecule has 1 N–H and O–H groups in total. The molecule has 6 nitrogen and oxygen atoms in total. The molecule has 6 heteroatoms. The van der Waals surface area contributed by atoms with Crippen LogP contribution in [0.25, 0.3) is 6.08 Å². The normalized spacial score (nSPS) is 17.3. The van der Waals surface area contributed by atoms with Crippen molar-refractivity contribution in [1.29, 1.82) is 0 Å². The number of carbonyl (C=O) groups excluding carboxylic acids is 1. The summed E-state index contributed by atoms with van der Waals surface area (Å²) in [4.78, 5) is 15.8. The van der Waals surface area contributed by atoms with E-state index in [0.29, 0.717) is 6.54 Å². The van der Waals surface area contributed by atoms with Gasteiger partial charge in [0.05, 0.1) is 0 Å². The number of nitrogens with zero attached hydrogens (tertiary/aromatic N) is 3. The van der Waals surface area contributed by atoms with E-state index in [1.54, 1.807) is 10.9 Å². The van der Waals surface area contributed by atoms with E-state index in [1.807, 2.05) is 79.7 Å². The second kappa shape index (κ2) is 9.89. The SMILES string of the molecule is CC1=Cc2ccccc2N(Cc2ccccc2)C(n2ccc(O)n2)C1C(=O)OCc1ccccc1. The number of hydrogen-bond donors (Lipinski definition) is 1. The van der Waals surface area contributed by atoms with Gasteiger partial charge in [0, 0.05) is 24.5 Å². The first-order valence-corrected chi connectivity index (χ1v) is 11.6. The first kappa shape index (κ1) is 22.5. The van der Waals surface area contributed by atoms with E-state index in [-0.39, 0.29) is 18.5 Å². The number of anilines is 1. The predicted molar refractivity (Wildman–Crippen MR) is 135 cm³/mol. The maximum absolute atomic E-state index is 13.7. The van der Waals surface area contributed by atoms with Gasteiger partial charge in [-0.05, 0) is 29.7 Å². The monoisotopic (exact) mass is 465 g/mol. The maximum Gasteiger partial charge on any atom is 0.317 e. The van der Waals surface area contributed by atoms with Crippen LogP contribution < -0.4 is 4.90 Å². The molecule has 1 aliphatic heterocycles. The number of ether oxygens (including phenoxy) is 1. The largest absolute Gasteiger partial charge is 0.492 e. The molecule has 1 aromatic heterocycles. The Balaban J connectivity index is 1.59. The topological polar surface area (TPSA) is 67.6 Å². The van der Waals surface area contributed by atoms with Crippen molar-refractivity contribution in [2.24, 2.45) is 5.92 Å². The third-order valence-electron chi connectivity index (χ3n) is 6.28. The van der Waals surface area contributed by atoms with Crippen LogP contribution in [-0.2, 0) is 22.7 Å². The van der Waals surface area contributed by atoms with Crippen molar-refractivity contribution in [2.75, 3.05) is 4.90 Å². The second-order valence-electron chi connectivity index (χ2n) is 8.70. The van der Waals surface area contributed by atoms with Crippen LogP contribution >= 0.6 is 0 Å². The van der Waals surface area contributed by atoms with Crippen LogP contribution in [0.1, 0.15) is 29.8 Å². The quantitative estimate of drug-likeness (QED) is 0.377. The zero-order valence-corrected chi connectivity index (χ0v) is 19.5. The average molecular weight is 466 g/mol. The Kier molecular flexibility index (Phi) is 6.35. The van der Waals surface area contributed by atoms with Crippen LogP contribution in [0.4, 0.5) is 5.69 Å². The van der Waals surface area contributed by atoms with Gasteiger partial charge in [0.2, 0.25) is 5.88 Å². The molecule has 2 unspecified atom stereocenters. The summed E-state index contributed by atoms with van der Waals surface area (Å²) in [5, 5.41) is 14.4. The van der Waals surface area contributed by atoms with Gasteiger partial charge < -0.3 is 14.7 Å². The Labute approximate surface area is 204 Å². The second-order valence-corrected chi connectivity index (χ2v) is 8.70. The summed E-state index contributed by atoms with van der Waals surface area (Å²) in [6, 6.07) is 29.4. The number of aromatic nitrogens is 2. The van der Waals surface area contributed by atoms with Crippen molar-refractivity contribution in [1.82, 2.24) is 9.78 Å². The number of aromatic hydroxyl groups is 1. The predicted octanol–water partition coefficient (Wildman–Crippen LogP) is 5.57. The van der Waals surface area contributed by atoms with E-state index >= 15 is 0 Å². The standard InChI is InChI=1S/C29H27N3O3/c1-21-18-24-14-8-9-15-25(24)31(19-22-10-4-2-5-11-22)28(32-17-16-26(33)30-32)27(21)29(34)35-20-23-12-6-3-7-13-23/h2-18,27-28H,19-20H2,1H3,(H,30,33). The molecule has 2 atom stereocenters. The Bertz CT molecular complexity index is 1330. The molecule has 0 bridgehead atoms. The Hall–Kier alpha value is -4.32. The summed E-state index contributed by atoms with van der Waals surface area (Å²) in [5.41, 5.74) is 4.88. The molecule has 0 amide bonds. The van der Waals surface area contributed by atoms with Crippen LogP contribution in [0.2, 0.25) is 0 Å². The number of rotatable bonds is 6. The lowest BCUT2D eigenvalue weighted by Crippen LogP contribution is -2.41. The Morgan fingerprint density at radius 1 is 0.914 bits per heavy atom. The van der Waals surface area contributed by atoms with Gasteiger partial charge in [0.25, 0.3) is 0 Å². The first-order chi connectivity index (χ1) is 17.1. The fourth-order valence-electron chi connectivity index (χ4n) is 4.62. The van der Waals surface area contributed by atoms with Gasteiger partial charge in [-0.3, -0.25) is 4.79 Å². The van der Waals surface area contributed by atoms with Gasteiger partial charge in [-0.1, -0.05) is 90.5 Å². The number of para-hydroxylation sites is 1. The molecule has 0 fully saturated rings. The summed E-state index contributed by atoms with van der Waals surface area (Å²) in [6.07, 6.45) is 3.21. The highest BCUT2D eigenvalue weighted by Crippen LogP contribution is 2.41. The summed E-state index contributed by atoms with van der Waals surface area (Å²) >= 11 is 0. The summed E-state index contributed by atoms with van der Waals surface area (Å²) in [7, 11) is 0. The molecule has 0 spiro atoms. The fraction of sp³-hybridized carbons (Fsp3) is 0.172. The molecule has 35 heavy (non-hydrogen) atoms. The van der Waals surface area contributed by atoms with E-state index < -0.39 is 12.1 Å². The molecule has 0 saturated heterocycles. The van der Waals surface area contributed by atoms with Crippen LogP contribution in [0, 0.1) is 5.92 Å². The fourth-order valence-corrected chi connectivity index (χ4v) is 4.62. The lowest BCUT2D eigenvalue weighted by Gasteiger charge is -2.37. The average Bonchev–Trinajstić information content (AvgIpc) is 3.27. The molecule has 5 rings (SSSR count). The summed E-state index contributed by atoms with van der Waals surface area (Å²) < 4.78 is 7.50. The van der Waals surface area contributed by atoms with Crippen LogP contribution in [0.3, 0.4) is 0 Å². The van der Waals surface area contributed by atoms with Crippen molar-refractivity contribution in [3.8, 4) is 5.88 Å². The lowest BCUT2D eigenvalue weighted by molar-refractivity contribution is -0.150. The minimum absolute atomic E-state index is 0.0970. The van der Waals surface area contributed by atoms with Crippen molar-refractivity contribution in [2.45, 2.75) is 26.2 Å². The lowest BCUT2D eigenvalue weighted by atomic mass is 9.95. The highest BCUT2D eigenvalue weighted by Gasteiger charge is 2.40. The Morgan fingerprint density at radius 3 is 2.26 bits per heavy atom. The molecule has 0 saturated carbocycles. The van der Waals surface area contributed by atoms with Crippen molar-refractivity contribution in [3.05, 3.63) is 119 Å². The molecule has 4 aromatic rings. The minimum atomic E-state index is -0.644. The highest BCUT2D eigenvalue weighted by atomic mass is 16.5. The van der Waals surface area contributed by atoms with Gasteiger partial charge >= 0.3 is 5.97 Å². The zero-order chi connectivity index (χ0) is 24.2. The Morgan fingerprint density at radius 2 is 1.57 bits per heavy atom. The third kappa shape index (κ3) is 4.82. The smallest absolute Gasteiger partial charge is 0.317 e. The van der Waals surface area contributed by atoms with Gasteiger partial charge in [0.1, 0.15) is 18.7 Å². The number of hydrogen-bond acceptors (Lipinski definition) is 5. The third-order valence-corrected chi connectivity index (χ3v) is 6.28. The molecule has 1 aliphatic rings. The molecular weight excluding hydrogens is 438 g/mol. The number of carbonyl (C=O) groups is 1.